The normalized spacial score (nSPS) is 11.0. The first-order chi connectivity index (χ1) is 62.4. The van der Waals surface area contributed by atoms with Crippen molar-refractivity contribution in [2.24, 2.45) is 0 Å². The van der Waals surface area contributed by atoms with Gasteiger partial charge >= 0.3 is 37.0 Å². The van der Waals surface area contributed by atoms with Crippen molar-refractivity contribution in [2.75, 3.05) is 19.8 Å². The highest BCUT2D eigenvalue weighted by atomic mass is 79.9. The van der Waals surface area contributed by atoms with Gasteiger partial charge in [0.05, 0.1) is 111 Å². The highest BCUT2D eigenvalue weighted by Gasteiger charge is 2.33. The molecule has 0 aliphatic carbocycles. The molecule has 0 amide bonds. The molecule has 0 bridgehead atoms. The Morgan fingerprint density at radius 2 is 0.634 bits per heavy atom. The fourth-order valence-corrected chi connectivity index (χ4v) is 30.9. The zero-order valence-electron chi connectivity index (χ0n) is 66.8. The summed E-state index contributed by atoms with van der Waals surface area (Å²) in [5.74, 6) is -7.00. The van der Waals surface area contributed by atoms with E-state index in [0.717, 1.165) is 82.6 Å². The van der Waals surface area contributed by atoms with Gasteiger partial charge in [-0.25, -0.2) is 54.7 Å². The molecule has 0 aliphatic rings. The van der Waals surface area contributed by atoms with E-state index in [-0.39, 0.29) is 68.8 Å². The molecule has 131 heavy (non-hydrogen) atoms. The number of esters is 3. The number of carbonyl (C=O) groups is 7. The maximum Gasteiger partial charge on any atom is 0.488 e. The standard InChI is InChI=1S/C23H16F2O3S2.C20H10F2O4S2.C20H6F2O2S2.C11H8Br2O3S2.C6H6BFO2.C6Br4S2.C4H5NO2/c1-3-28-23(27)22-18(14-6-10-16(25)11-7-14)21-20(30-22)17(19(29-21)12(2)26)13-4-8-15(24)9-5-13;21-11-5-1-9(2-6-11)13-15-16(28-17(13)19(23)24)14(18(27-15)20(25)26)10-3-7-12(22)8-4-10;21-7-1-3-9-11(5-7)15(23)17-13(9)19-20(25-17)14-10-4-2-8(22)6-12(10)16(24)18(14)26-19;1-3-16-11(15)10-6(13)9-8(18-10)5(12)7(17-9)4(2)14;8-6-3-1-5(2-4-6)7(9)10;7-1-3-4(12-5(1)9)2(8)6(10)11-3;1-2-7-4(6)3-5/h4-11H,3H2,1-2H3;1-8H,(H,23,24)(H,25,26);1-6H;3H2,1-2H3;1-4,9-10H;;2H2,1H3. The van der Waals surface area contributed by atoms with Crippen LogP contribution in [0.5, 0.6) is 0 Å². The van der Waals surface area contributed by atoms with E-state index in [1.54, 1.807) is 79.8 Å². The molecule has 19 aromatic rings. The van der Waals surface area contributed by atoms with E-state index in [9.17, 15) is 84.1 Å². The molecule has 10 aromatic heterocycles. The Morgan fingerprint density at radius 3 is 0.962 bits per heavy atom. The number of benzene rings is 7. The van der Waals surface area contributed by atoms with Crippen LogP contribution < -0.4 is 16.3 Å². The lowest BCUT2D eigenvalue weighted by atomic mass is 9.80. The molecule has 17 nitrogen and oxygen atoms in total. The van der Waals surface area contributed by atoms with Crippen molar-refractivity contribution < 1.29 is 98.8 Å². The third kappa shape index (κ3) is 20.8. The third-order valence-corrected chi connectivity index (χ3v) is 39.3. The van der Waals surface area contributed by atoms with Crippen molar-refractivity contribution in [1.82, 2.24) is 0 Å². The van der Waals surface area contributed by atoms with Gasteiger partial charge < -0.3 is 34.5 Å². The molecule has 0 saturated carbocycles. The van der Waals surface area contributed by atoms with Gasteiger partial charge in [-0.05, 0) is 254 Å². The summed E-state index contributed by atoms with van der Waals surface area (Å²) in [6.07, 6.45) is 0. The van der Waals surface area contributed by atoms with Crippen molar-refractivity contribution >= 4 is 352 Å². The predicted octanol–water partition coefficient (Wildman–Crippen LogP) is 28.8. The first-order valence-electron chi connectivity index (χ1n) is 37.5. The number of carboxylic acid groups (broad SMARTS) is 2. The number of ether oxygens (including phenoxy) is 3. The number of aromatic carboxylic acids is 2. The van der Waals surface area contributed by atoms with Crippen LogP contribution in [0.25, 0.3) is 133 Å². The molecule has 9 aromatic carbocycles. The molecule has 10 heterocycles. The van der Waals surface area contributed by atoms with Crippen molar-refractivity contribution in [3.8, 4) is 50.6 Å². The molecule has 0 spiro atoms. The van der Waals surface area contributed by atoms with E-state index in [2.05, 4.69) is 100 Å². The number of hydrogen-bond acceptors (Lipinski definition) is 25. The molecule has 41 heteroatoms. The highest BCUT2D eigenvalue weighted by Crippen LogP contribution is 2.55. The Bertz CT molecular complexity index is 7620. The van der Waals surface area contributed by atoms with Crippen molar-refractivity contribution in [1.29, 1.82) is 5.26 Å². The summed E-state index contributed by atoms with van der Waals surface area (Å²) in [7, 11) is -1.51. The number of nitriles is 1. The Kier molecular flexibility index (Phi) is 32.2. The van der Waals surface area contributed by atoms with Gasteiger partial charge in [0.1, 0.15) is 60.2 Å². The molecule has 0 unspecified atom stereocenters. The van der Waals surface area contributed by atoms with Gasteiger partial charge in [-0.2, -0.15) is 5.26 Å². The Hall–Kier alpha value is -9.27. The van der Waals surface area contributed by atoms with Gasteiger partial charge in [-0.15, -0.1) is 113 Å². The van der Waals surface area contributed by atoms with Gasteiger partial charge in [0.25, 0.3) is 0 Å². The SMILES string of the molecule is Brc1sc2c(Br)c(Br)sc2c1Br.CCOC(=O)C#N.CCOC(=O)c1sc2c(-c3ccc(F)cc3)c(C(C)=O)sc2c1-c1ccc(F)cc1.CCOC(=O)c1sc2c(Br)c(C(C)=O)sc2c1Br.O=C(O)c1sc2c(-c3ccc(F)cc3)c(C(=O)O)sc2c1-c1ccc(F)cc1.O=c1c2cc(F)ccc2c2c1sc1c2sc2c(=O)c3cc(F)ccc3c21.OB(O)c1ccc(F)cc1. The topological polar surface area (TPSA) is 286 Å². The second-order valence-corrected chi connectivity index (χ2v) is 43.0. The quantitative estimate of drug-likeness (QED) is 0.0196. The van der Waals surface area contributed by atoms with Crippen LogP contribution in [0.4, 0.5) is 30.7 Å². The lowest BCUT2D eigenvalue weighted by molar-refractivity contribution is -0.136. The molecule has 0 aliphatic heterocycles. The van der Waals surface area contributed by atoms with Crippen LogP contribution in [-0.4, -0.2) is 88.6 Å². The van der Waals surface area contributed by atoms with E-state index in [0.29, 0.717) is 121 Å². The number of hydrogen-bond donors (Lipinski definition) is 4. The molecular formula is C90H51BBr6F7NO16S10. The van der Waals surface area contributed by atoms with Gasteiger partial charge in [0.2, 0.25) is 10.9 Å². The second kappa shape index (κ2) is 42.5. The number of ketones is 2. The molecular weight excluding hydrogens is 2290 g/mol. The van der Waals surface area contributed by atoms with Gasteiger partial charge in [0, 0.05) is 43.8 Å². The minimum atomic E-state index is -1.51. The van der Waals surface area contributed by atoms with E-state index in [1.807, 2.05) is 0 Å². The maximum atomic E-state index is 13.5. The number of carbonyl (C=O) groups excluding carboxylic acids is 5. The summed E-state index contributed by atoms with van der Waals surface area (Å²) in [5.41, 5.74) is 4.25. The van der Waals surface area contributed by atoms with E-state index >= 15 is 0 Å². The Labute approximate surface area is 825 Å². The lowest BCUT2D eigenvalue weighted by Crippen LogP contribution is -2.29. The maximum absolute atomic E-state index is 13.5. The molecule has 0 radical (unpaired) electrons. The minimum Gasteiger partial charge on any atom is -0.477 e. The largest absolute Gasteiger partial charge is 0.488 e. The summed E-state index contributed by atoms with van der Waals surface area (Å²) in [5, 5.41) is 47.9. The zero-order valence-corrected chi connectivity index (χ0v) is 84.5. The Morgan fingerprint density at radius 1 is 0.344 bits per heavy atom. The number of thiophene rings is 10. The van der Waals surface area contributed by atoms with E-state index in [1.165, 1.54) is 219 Å². The summed E-state index contributed by atoms with van der Waals surface area (Å²) >= 11 is 34.1. The third-order valence-electron chi connectivity index (χ3n) is 18.7. The monoisotopic (exact) mass is 2340 g/mol. The average molecular weight is 2350 g/mol. The number of rotatable bonds is 14. The van der Waals surface area contributed by atoms with Crippen LogP contribution in [0.15, 0.2) is 193 Å². The summed E-state index contributed by atoms with van der Waals surface area (Å²) in [4.78, 5) is 109. The minimum absolute atomic E-state index is 0.0138. The lowest BCUT2D eigenvalue weighted by Gasteiger charge is -2.05. The van der Waals surface area contributed by atoms with Gasteiger partial charge in [-0.3, -0.25) is 19.2 Å². The van der Waals surface area contributed by atoms with Crippen molar-refractivity contribution in [2.45, 2.75) is 34.6 Å². The number of fused-ring (bicyclic) bond motifs is 13. The molecule has 0 saturated heterocycles. The molecule has 0 fully saturated rings. The number of halogens is 13. The summed E-state index contributed by atoms with van der Waals surface area (Å²) in [6.45, 7) is 8.98. The number of carboxylic acids is 2. The second-order valence-electron chi connectivity index (χ2n) is 27.0. The van der Waals surface area contributed by atoms with Crippen molar-refractivity contribution in [3.05, 3.63) is 274 Å². The van der Waals surface area contributed by atoms with Crippen LogP contribution in [0, 0.1) is 52.1 Å². The van der Waals surface area contributed by atoms with Gasteiger partial charge in [-0.1, -0.05) is 72.8 Å². The molecule has 0 atom stereocenters. The Balaban J connectivity index is 0.000000136. The average Bonchev–Trinajstić information content (AvgIpc) is 1.53. The van der Waals surface area contributed by atoms with Crippen LogP contribution in [0.1, 0.15) is 92.6 Å². The fourth-order valence-electron chi connectivity index (χ4n) is 13.2. The van der Waals surface area contributed by atoms with Crippen molar-refractivity contribution in [3.63, 3.8) is 0 Å². The van der Waals surface area contributed by atoms with Crippen LogP contribution >= 0.6 is 209 Å². The van der Waals surface area contributed by atoms with Crippen LogP contribution in [-0.2, 0) is 19.0 Å². The predicted molar refractivity (Wildman–Crippen MR) is 535 cm³/mol. The smallest absolute Gasteiger partial charge is 0.477 e. The molecule has 19 rings (SSSR count). The molecule has 4 N–H and O–H groups in total. The summed E-state index contributed by atoms with van der Waals surface area (Å²) < 4.78 is 123. The number of nitrogens with zero attached hydrogens (tertiary/aromatic N) is 1. The first-order valence-corrected chi connectivity index (χ1v) is 50.5. The summed E-state index contributed by atoms with van der Waals surface area (Å²) in [6, 6.07) is 37.2. The van der Waals surface area contributed by atoms with E-state index < -0.39 is 54.3 Å². The number of Topliss-reactive ketones (excluding diaryl/α,β-unsaturated/α-hetero) is 2. The van der Waals surface area contributed by atoms with Gasteiger partial charge in [0.15, 0.2) is 17.6 Å². The van der Waals surface area contributed by atoms with Crippen LogP contribution in [0.3, 0.4) is 0 Å². The first kappa shape index (κ1) is 99.2. The molecule has 666 valence electrons. The zero-order chi connectivity index (χ0) is 94.7. The van der Waals surface area contributed by atoms with E-state index in [4.69, 9.17) is 24.8 Å². The fraction of sp³-hybridized carbons (Fsp3) is 0.0889. The highest BCUT2D eigenvalue weighted by molar-refractivity contribution is 9.14. The van der Waals surface area contributed by atoms with Crippen LogP contribution in [0.2, 0.25) is 0 Å².